The van der Waals surface area contributed by atoms with Crippen LogP contribution in [0.2, 0.25) is 0 Å². The summed E-state index contributed by atoms with van der Waals surface area (Å²) < 4.78 is 0. The number of aliphatic hydroxyl groups excluding tert-OH is 1. The molecule has 0 spiro atoms. The van der Waals surface area contributed by atoms with Crippen molar-refractivity contribution in [1.82, 2.24) is 62.0 Å². The highest BCUT2D eigenvalue weighted by molar-refractivity contribution is 7.98. The molecular weight excluding hydrogens is 1230 g/mol. The first-order valence-electron chi connectivity index (χ1n) is 31.0. The van der Waals surface area contributed by atoms with E-state index in [0.717, 1.165) is 26.9 Å². The van der Waals surface area contributed by atoms with Crippen molar-refractivity contribution in [2.75, 3.05) is 31.6 Å². The van der Waals surface area contributed by atoms with Crippen LogP contribution in [0.1, 0.15) is 87.7 Å². The molecule has 2 bridgehead atoms. The average molecular weight is 1320 g/mol. The predicted molar refractivity (Wildman–Crippen MR) is 354 cm³/mol. The van der Waals surface area contributed by atoms with Crippen molar-refractivity contribution in [3.05, 3.63) is 126 Å². The van der Waals surface area contributed by atoms with Crippen molar-refractivity contribution in [1.29, 1.82) is 0 Å². The van der Waals surface area contributed by atoms with Gasteiger partial charge in [-0.05, 0) is 66.8 Å². The first-order valence-corrected chi connectivity index (χ1v) is 33.3. The maximum Gasteiger partial charge on any atom is 0.246 e. The van der Waals surface area contributed by atoms with Gasteiger partial charge in [0, 0.05) is 98.3 Å². The number of imidazole rings is 1. The van der Waals surface area contributed by atoms with Crippen molar-refractivity contribution in [3.8, 4) is 0 Å². The molecule has 10 amide bonds. The molecule has 1 saturated heterocycles. The van der Waals surface area contributed by atoms with E-state index in [2.05, 4.69) is 57.2 Å². The zero-order valence-corrected chi connectivity index (χ0v) is 54.5. The molecule has 500 valence electrons. The van der Waals surface area contributed by atoms with E-state index in [0.29, 0.717) is 41.2 Å². The van der Waals surface area contributed by atoms with Crippen LogP contribution in [0.25, 0.3) is 10.9 Å². The number of hydrogen-bond acceptors (Lipinski definition) is 15. The maximum atomic E-state index is 15.4. The van der Waals surface area contributed by atoms with E-state index < -0.39 is 125 Å². The summed E-state index contributed by atoms with van der Waals surface area (Å²) in [6.45, 7) is 6.26. The van der Waals surface area contributed by atoms with Crippen LogP contribution in [0.5, 0.6) is 0 Å². The number of aliphatic imine (C=N–C) groups is 1. The summed E-state index contributed by atoms with van der Waals surface area (Å²) in [5, 5.41) is 31.1. The van der Waals surface area contributed by atoms with Gasteiger partial charge in [0.05, 0.1) is 12.4 Å². The molecule has 0 saturated carbocycles. The Morgan fingerprint density at radius 3 is 2.00 bits per heavy atom. The van der Waals surface area contributed by atoms with Crippen molar-refractivity contribution in [2.45, 2.75) is 151 Å². The summed E-state index contributed by atoms with van der Waals surface area (Å²) in [5.41, 5.74) is 21.4. The number of likely N-dealkylation sites (N-methyl/N-ethyl adjacent to an activating group) is 1. The number of nitrogens with one attached hydrogen (secondary N) is 9. The Bertz CT molecular complexity index is 3420. The number of fused-ring (bicyclic) bond motifs is 30. The fraction of sp³-hybridized carbons (Fsp3) is 0.469. The number of rotatable bonds is 15. The number of aliphatic hydroxyl groups is 1. The molecule has 0 unspecified atom stereocenters. The highest BCUT2D eigenvalue weighted by Crippen LogP contribution is 2.26. The predicted octanol–water partition coefficient (Wildman–Crippen LogP) is 0.296. The monoisotopic (exact) mass is 1320 g/mol. The molecule has 8 rings (SSSR count). The van der Waals surface area contributed by atoms with Crippen molar-refractivity contribution < 1.29 is 53.1 Å². The van der Waals surface area contributed by atoms with Crippen LogP contribution in [0.3, 0.4) is 0 Å². The van der Waals surface area contributed by atoms with Crippen LogP contribution in [-0.4, -0.2) is 187 Å². The Balaban J connectivity index is 1.28. The molecule has 27 nitrogen and oxygen atoms in total. The number of para-hydroxylation sites is 1. The highest BCUT2D eigenvalue weighted by atomic mass is 32.2. The molecule has 1 fully saturated rings. The number of H-pyrrole nitrogens is 2. The first-order chi connectivity index (χ1) is 44.5. The van der Waals surface area contributed by atoms with Crippen molar-refractivity contribution in [2.24, 2.45) is 28.1 Å². The molecule has 0 radical (unpaired) electrons. The Kier molecular flexibility index (Phi) is 26.6. The summed E-state index contributed by atoms with van der Waals surface area (Å²) in [6, 6.07) is 11.7. The molecular formula is C64H86N16O11S2. The quantitative estimate of drug-likeness (QED) is 0.0290. The fourth-order valence-corrected chi connectivity index (χ4v) is 13.2. The van der Waals surface area contributed by atoms with Crippen molar-refractivity contribution >= 4 is 99.5 Å². The van der Waals surface area contributed by atoms with Crippen LogP contribution in [-0.2, 0) is 78.7 Å². The van der Waals surface area contributed by atoms with Gasteiger partial charge in [-0.3, -0.25) is 52.9 Å². The Hall–Kier alpha value is -8.96. The van der Waals surface area contributed by atoms with Crippen LogP contribution in [0.4, 0.5) is 0 Å². The lowest BCUT2D eigenvalue weighted by atomic mass is 9.97. The summed E-state index contributed by atoms with van der Waals surface area (Å²) in [5.74, 6) is -7.16. The van der Waals surface area contributed by atoms with Crippen LogP contribution >= 0.6 is 23.5 Å². The largest absolute Gasteiger partial charge is 0.391 e. The smallest absolute Gasteiger partial charge is 0.246 e. The van der Waals surface area contributed by atoms with E-state index in [1.807, 2.05) is 55.5 Å². The van der Waals surface area contributed by atoms with E-state index in [1.54, 1.807) is 43.5 Å². The minimum absolute atomic E-state index is 0.0305. The molecule has 93 heavy (non-hydrogen) atoms. The molecule has 0 aliphatic carbocycles. The molecule has 16 N–H and O–H groups in total. The Morgan fingerprint density at radius 2 is 1.35 bits per heavy atom. The molecule has 11 atom stereocenters. The summed E-state index contributed by atoms with van der Waals surface area (Å²) in [6.07, 6.45) is 3.64. The second-order valence-corrected chi connectivity index (χ2v) is 25.5. The standard InChI is InChI=1S/C64H86N16O11S2/c1-6-36(2)53-60(88)76-49(55(65)83)33-92-31-40-20-22-41(23-21-40)32-93-34-50(72-38(4)82)57(85)78-54(37(3)81)61(89)73-46(28-43-30-68-35-71-43)56(84)74-47(26-39-14-8-7-9-15-39)62(90)79(5)51(18-12-24-69-64(66)67)58(86)75-48(27-42-29-70-45-17-11-10-16-44(42)45)63(91)80-25-13-19-52(80)59(87)77-53/h7-11,14-17,20-23,29-30,35-37,46-54,70,81H,6,12-13,18-19,24-28,31-34H2,1-5H3,(H2,65,83)(H,68,71)(H,72,82)(H,73,89)(H,74,84)(H,75,86)(H,76,88)(H,77,87)(H,78,85)(H4,66,67,69)/t36-,37+,46-,47-,48-,49-,50-,51-,52-,53-,54-/m0/s1. The van der Waals surface area contributed by atoms with Gasteiger partial charge in [-0.15, -0.1) is 0 Å². The minimum Gasteiger partial charge on any atom is -0.391 e. The van der Waals surface area contributed by atoms with Crippen LogP contribution in [0, 0.1) is 5.92 Å². The zero-order valence-electron chi connectivity index (χ0n) is 52.9. The third-order valence-corrected chi connectivity index (χ3v) is 18.7. The number of amides is 10. The van der Waals surface area contributed by atoms with Gasteiger partial charge in [0.2, 0.25) is 59.1 Å². The van der Waals surface area contributed by atoms with E-state index in [1.165, 1.54) is 61.8 Å². The highest BCUT2D eigenvalue weighted by Gasteiger charge is 2.42. The Morgan fingerprint density at radius 1 is 0.720 bits per heavy atom. The van der Waals surface area contributed by atoms with Gasteiger partial charge in [-0.25, -0.2) is 4.98 Å². The second-order valence-electron chi connectivity index (χ2n) is 23.5. The number of carbonyl (C=O) groups excluding carboxylic acids is 10. The van der Waals surface area contributed by atoms with Gasteiger partial charge in [0.15, 0.2) is 5.96 Å². The molecule has 2 aromatic heterocycles. The third kappa shape index (κ3) is 20.5. The number of carbonyl (C=O) groups is 10. The summed E-state index contributed by atoms with van der Waals surface area (Å²) in [7, 11) is 1.38. The van der Waals surface area contributed by atoms with E-state index >= 15 is 14.4 Å². The number of primary amides is 1. The van der Waals surface area contributed by atoms with Gasteiger partial charge in [0.1, 0.15) is 54.4 Å². The number of thioether (sulfide) groups is 2. The molecule has 3 aliphatic rings. The number of aromatic amines is 2. The maximum absolute atomic E-state index is 15.4. The summed E-state index contributed by atoms with van der Waals surface area (Å²) >= 11 is 2.66. The molecule has 5 heterocycles. The minimum atomic E-state index is -1.67. The second kappa shape index (κ2) is 34.6. The van der Waals surface area contributed by atoms with Crippen molar-refractivity contribution in [3.63, 3.8) is 0 Å². The number of guanidine groups is 1. The van der Waals surface area contributed by atoms with Crippen LogP contribution in [0.15, 0.2) is 103 Å². The number of aromatic nitrogens is 3. The molecule has 3 aliphatic heterocycles. The number of hydrogen-bond donors (Lipinski definition) is 13. The SMILES string of the molecule is CC[C@H](C)[C@@H]1NC(=O)[C@@H]2CCCN2C(=O)[C@H](Cc2c[nH]c3ccccc23)NC(=O)[C@H](CCCN=C(N)N)N(C)C(=O)[C@H](Cc2ccccc2)NC(=O)[C@H](Cc2cnc[nH]2)NC(=O)[C@H]([C@@H](C)O)NC(=O)[C@@H](NC(C)=O)CSCc2ccc(cc2)CSC[C@@H](C(N)=O)NC1=O. The third-order valence-electron chi connectivity index (χ3n) is 16.4. The van der Waals surface area contributed by atoms with E-state index in [-0.39, 0.29) is 69.1 Å². The average Bonchev–Trinajstić information content (AvgIpc) is 1.78. The number of benzene rings is 3. The first kappa shape index (κ1) is 71.5. The normalized spacial score (nSPS) is 24.0. The fourth-order valence-electron chi connectivity index (χ4n) is 11.1. The Labute approximate surface area is 548 Å². The lowest BCUT2D eigenvalue weighted by Crippen LogP contribution is -2.62. The van der Waals surface area contributed by atoms with E-state index in [4.69, 9.17) is 17.2 Å². The molecule has 3 aromatic carbocycles. The summed E-state index contributed by atoms with van der Waals surface area (Å²) in [4.78, 5) is 161. The molecule has 29 heteroatoms. The van der Waals surface area contributed by atoms with Gasteiger partial charge in [0.25, 0.3) is 0 Å². The lowest BCUT2D eigenvalue weighted by Gasteiger charge is -2.34. The van der Waals surface area contributed by atoms with Gasteiger partial charge >= 0.3 is 0 Å². The topological polar surface area (TPSA) is 417 Å². The zero-order chi connectivity index (χ0) is 67.3. The van der Waals surface area contributed by atoms with Gasteiger partial charge in [-0.1, -0.05) is 93.1 Å². The molecule has 5 aromatic rings. The van der Waals surface area contributed by atoms with Crippen LogP contribution < -0.4 is 54.4 Å². The van der Waals surface area contributed by atoms with Gasteiger partial charge < -0.3 is 79.3 Å². The number of nitrogens with zero attached hydrogens (tertiary/aromatic N) is 4. The lowest BCUT2D eigenvalue weighted by molar-refractivity contribution is -0.145. The van der Waals surface area contributed by atoms with E-state index in [9.17, 15) is 38.7 Å². The van der Waals surface area contributed by atoms with Gasteiger partial charge in [-0.2, -0.15) is 23.5 Å². The number of nitrogens with two attached hydrogens (primary N) is 3.